The number of benzene rings is 1. The fourth-order valence-corrected chi connectivity index (χ4v) is 1.98. The monoisotopic (exact) mass is 327 g/mol. The lowest BCUT2D eigenvalue weighted by molar-refractivity contribution is -0.141. The Hall–Kier alpha value is -2.44. The molecule has 0 atom stereocenters. The molecule has 0 bridgehead atoms. The maximum Gasteiger partial charge on any atom is 0.433 e. The average molecular weight is 327 g/mol. The second kappa shape index (κ2) is 6.76. The molecule has 23 heavy (non-hydrogen) atoms. The summed E-state index contributed by atoms with van der Waals surface area (Å²) in [5.74, 6) is -0.922. The van der Waals surface area contributed by atoms with Crippen molar-refractivity contribution in [3.8, 4) is 5.75 Å². The smallest absolute Gasteiger partial charge is 0.433 e. The lowest BCUT2D eigenvalue weighted by Gasteiger charge is -2.07. The third-order valence-corrected chi connectivity index (χ3v) is 3.23. The molecule has 0 N–H and O–H groups in total. The van der Waals surface area contributed by atoms with E-state index in [9.17, 15) is 22.4 Å². The van der Waals surface area contributed by atoms with Crippen LogP contribution in [0.3, 0.4) is 0 Å². The number of Topliss-reactive ketones (excluding diaryl/α,β-unsaturated/α-hetero) is 1. The van der Waals surface area contributed by atoms with Gasteiger partial charge in [0.2, 0.25) is 0 Å². The van der Waals surface area contributed by atoms with Crippen molar-refractivity contribution in [2.24, 2.45) is 0 Å². The number of halogens is 4. The number of pyridine rings is 1. The van der Waals surface area contributed by atoms with Gasteiger partial charge < -0.3 is 4.74 Å². The highest BCUT2D eigenvalue weighted by molar-refractivity contribution is 5.96. The number of carbonyl (C=O) groups is 1. The Morgan fingerprint density at radius 3 is 2.48 bits per heavy atom. The van der Waals surface area contributed by atoms with Gasteiger partial charge in [0.05, 0.1) is 7.11 Å². The molecule has 1 aromatic heterocycles. The van der Waals surface area contributed by atoms with E-state index < -0.39 is 17.7 Å². The number of ether oxygens (including phenoxy) is 1. The summed E-state index contributed by atoms with van der Waals surface area (Å²) >= 11 is 0. The largest absolute Gasteiger partial charge is 0.494 e. The molecule has 3 nitrogen and oxygen atoms in total. The van der Waals surface area contributed by atoms with E-state index in [2.05, 4.69) is 4.98 Å². The SMILES string of the molecule is COc1ccc(C(=O)CCc2ccc(C(F)(F)F)nc2)cc1F. The molecular formula is C16H13F4NO2. The number of hydrogen-bond donors (Lipinski definition) is 0. The average Bonchev–Trinajstić information content (AvgIpc) is 2.52. The number of nitrogens with zero attached hydrogens (tertiary/aromatic N) is 1. The van der Waals surface area contributed by atoms with E-state index in [0.29, 0.717) is 5.56 Å². The highest BCUT2D eigenvalue weighted by Gasteiger charge is 2.31. The van der Waals surface area contributed by atoms with E-state index >= 15 is 0 Å². The van der Waals surface area contributed by atoms with Gasteiger partial charge in [0.1, 0.15) is 5.69 Å². The van der Waals surface area contributed by atoms with E-state index in [0.717, 1.165) is 18.3 Å². The van der Waals surface area contributed by atoms with Gasteiger partial charge in [0.15, 0.2) is 17.3 Å². The third kappa shape index (κ3) is 4.28. The van der Waals surface area contributed by atoms with Crippen molar-refractivity contribution in [2.45, 2.75) is 19.0 Å². The maximum atomic E-state index is 13.5. The van der Waals surface area contributed by atoms with Crippen LogP contribution >= 0.6 is 0 Å². The van der Waals surface area contributed by atoms with Crippen molar-refractivity contribution >= 4 is 5.78 Å². The molecular weight excluding hydrogens is 314 g/mol. The zero-order valence-electron chi connectivity index (χ0n) is 12.2. The molecule has 0 saturated heterocycles. The van der Waals surface area contributed by atoms with Crippen molar-refractivity contribution < 1.29 is 27.1 Å². The van der Waals surface area contributed by atoms with Crippen molar-refractivity contribution in [1.82, 2.24) is 4.98 Å². The predicted molar refractivity (Wildman–Crippen MR) is 74.8 cm³/mol. The molecule has 0 amide bonds. The van der Waals surface area contributed by atoms with Crippen molar-refractivity contribution in [1.29, 1.82) is 0 Å². The summed E-state index contributed by atoms with van der Waals surface area (Å²) in [6.45, 7) is 0. The van der Waals surface area contributed by atoms with Crippen molar-refractivity contribution in [2.75, 3.05) is 7.11 Å². The number of ketones is 1. The van der Waals surface area contributed by atoms with Crippen LogP contribution < -0.4 is 4.74 Å². The lowest BCUT2D eigenvalue weighted by Crippen LogP contribution is -2.08. The van der Waals surface area contributed by atoms with Gasteiger partial charge in [-0.1, -0.05) is 6.07 Å². The molecule has 7 heteroatoms. The molecule has 0 radical (unpaired) electrons. The molecule has 1 heterocycles. The fourth-order valence-electron chi connectivity index (χ4n) is 1.98. The van der Waals surface area contributed by atoms with E-state index in [-0.39, 0.29) is 29.9 Å². The molecule has 122 valence electrons. The van der Waals surface area contributed by atoms with Gasteiger partial charge in [-0.25, -0.2) is 4.39 Å². The van der Waals surface area contributed by atoms with Crippen LogP contribution in [-0.2, 0) is 12.6 Å². The first-order valence-corrected chi connectivity index (χ1v) is 6.70. The summed E-state index contributed by atoms with van der Waals surface area (Å²) in [7, 11) is 1.32. The Labute approximate surface area is 129 Å². The minimum Gasteiger partial charge on any atom is -0.494 e. The highest BCUT2D eigenvalue weighted by Crippen LogP contribution is 2.27. The summed E-state index contributed by atoms with van der Waals surface area (Å²) in [6.07, 6.45) is -3.14. The van der Waals surface area contributed by atoms with E-state index in [1.165, 1.54) is 25.3 Å². The second-order valence-electron chi connectivity index (χ2n) is 4.82. The molecule has 0 spiro atoms. The van der Waals surface area contributed by atoms with Gasteiger partial charge in [-0.2, -0.15) is 13.2 Å². The summed E-state index contributed by atoms with van der Waals surface area (Å²) < 4.78 is 55.5. The topological polar surface area (TPSA) is 39.2 Å². The summed E-state index contributed by atoms with van der Waals surface area (Å²) in [5, 5.41) is 0. The molecule has 0 unspecified atom stereocenters. The van der Waals surface area contributed by atoms with Crippen LogP contribution in [-0.4, -0.2) is 17.9 Å². The number of aryl methyl sites for hydroxylation is 1. The Bertz CT molecular complexity index is 696. The van der Waals surface area contributed by atoms with Crippen LogP contribution in [0.2, 0.25) is 0 Å². The summed E-state index contributed by atoms with van der Waals surface area (Å²) in [4.78, 5) is 15.3. The molecule has 0 saturated carbocycles. The van der Waals surface area contributed by atoms with Gasteiger partial charge in [-0.3, -0.25) is 9.78 Å². The Kier molecular flexibility index (Phi) is 4.98. The van der Waals surface area contributed by atoms with Crippen LogP contribution in [0.15, 0.2) is 36.5 Å². The quantitative estimate of drug-likeness (QED) is 0.614. The van der Waals surface area contributed by atoms with Crippen molar-refractivity contribution in [3.05, 3.63) is 59.2 Å². The number of hydrogen-bond acceptors (Lipinski definition) is 3. The lowest BCUT2D eigenvalue weighted by atomic mass is 10.0. The molecule has 0 aliphatic rings. The molecule has 0 aliphatic carbocycles. The minimum atomic E-state index is -4.49. The normalized spacial score (nSPS) is 11.3. The third-order valence-electron chi connectivity index (χ3n) is 3.23. The Morgan fingerprint density at radius 2 is 1.96 bits per heavy atom. The highest BCUT2D eigenvalue weighted by atomic mass is 19.4. The van der Waals surface area contributed by atoms with Gasteiger partial charge in [0, 0.05) is 18.2 Å². The molecule has 0 fully saturated rings. The van der Waals surface area contributed by atoms with Crippen LogP contribution in [0.25, 0.3) is 0 Å². The Balaban J connectivity index is 2.00. The van der Waals surface area contributed by atoms with Crippen LogP contribution in [0.4, 0.5) is 17.6 Å². The van der Waals surface area contributed by atoms with Gasteiger partial charge >= 0.3 is 6.18 Å². The maximum absolute atomic E-state index is 13.5. The van der Waals surface area contributed by atoms with E-state index in [1.807, 2.05) is 0 Å². The fraction of sp³-hybridized carbons (Fsp3) is 0.250. The first kappa shape index (κ1) is 16.9. The van der Waals surface area contributed by atoms with Crippen LogP contribution in [0.5, 0.6) is 5.75 Å². The van der Waals surface area contributed by atoms with Gasteiger partial charge in [-0.05, 0) is 36.2 Å². The zero-order chi connectivity index (χ0) is 17.0. The number of rotatable bonds is 5. The number of aromatic nitrogens is 1. The Morgan fingerprint density at radius 1 is 1.22 bits per heavy atom. The minimum absolute atomic E-state index is 0.0356. The second-order valence-corrected chi connectivity index (χ2v) is 4.82. The van der Waals surface area contributed by atoms with E-state index in [4.69, 9.17) is 4.74 Å². The summed E-state index contributed by atoms with van der Waals surface area (Å²) in [6, 6.07) is 6.01. The molecule has 2 aromatic rings. The van der Waals surface area contributed by atoms with Gasteiger partial charge in [0.25, 0.3) is 0 Å². The zero-order valence-corrected chi connectivity index (χ0v) is 12.2. The van der Waals surface area contributed by atoms with Crippen LogP contribution in [0, 0.1) is 5.82 Å². The molecule has 0 aliphatic heterocycles. The standard InChI is InChI=1S/C16H13F4NO2/c1-23-14-6-4-11(8-12(14)17)13(22)5-2-10-3-7-15(21-9-10)16(18,19)20/h3-4,6-9H,2,5H2,1H3. The van der Waals surface area contributed by atoms with Gasteiger partial charge in [-0.15, -0.1) is 0 Å². The first-order chi connectivity index (χ1) is 10.8. The summed E-state index contributed by atoms with van der Waals surface area (Å²) in [5.41, 5.74) is -0.298. The predicted octanol–water partition coefficient (Wildman–Crippen LogP) is 4.06. The number of carbonyl (C=O) groups excluding carboxylic acids is 1. The van der Waals surface area contributed by atoms with Crippen LogP contribution in [0.1, 0.15) is 28.0 Å². The molecule has 1 aromatic carbocycles. The first-order valence-electron chi connectivity index (χ1n) is 6.70. The number of alkyl halides is 3. The van der Waals surface area contributed by atoms with Crippen molar-refractivity contribution in [3.63, 3.8) is 0 Å². The van der Waals surface area contributed by atoms with E-state index in [1.54, 1.807) is 0 Å². The number of methoxy groups -OCH3 is 1. The molecule has 2 rings (SSSR count).